The molecule has 0 aliphatic heterocycles. The minimum Gasteiger partial charge on any atom is -0.550 e. The van der Waals surface area contributed by atoms with Gasteiger partial charge in [0.1, 0.15) is 11.8 Å². The summed E-state index contributed by atoms with van der Waals surface area (Å²) in [5, 5.41) is 31.5. The molecule has 0 fully saturated rings. The van der Waals surface area contributed by atoms with E-state index in [1.54, 1.807) is 6.92 Å². The van der Waals surface area contributed by atoms with E-state index in [2.05, 4.69) is 19.1 Å². The van der Waals surface area contributed by atoms with Crippen LogP contribution >= 0.6 is 0 Å². The zero-order chi connectivity index (χ0) is 33.8. The molecule has 0 saturated heterocycles. The zero-order valence-corrected chi connectivity index (χ0v) is 29.7. The number of carboxylic acids is 3. The van der Waals surface area contributed by atoms with E-state index in [1.807, 2.05) is 13.8 Å². The van der Waals surface area contributed by atoms with E-state index in [-0.39, 0.29) is 24.1 Å². The number of carboxylic acid groups (broad SMARTS) is 3. The highest BCUT2D eigenvalue weighted by Gasteiger charge is 2.39. The number of allylic oxidation sites excluding steroid dienone is 2. The molecule has 0 aromatic carbocycles. The highest BCUT2D eigenvalue weighted by molar-refractivity contribution is 5.70. The van der Waals surface area contributed by atoms with Crippen molar-refractivity contribution in [1.29, 1.82) is 0 Å². The first-order chi connectivity index (χ1) is 21.7. The van der Waals surface area contributed by atoms with E-state index in [9.17, 15) is 29.7 Å². The lowest BCUT2D eigenvalue weighted by atomic mass is 9.95. The molecule has 3 unspecified atom stereocenters. The Labute approximate surface area is 276 Å². The van der Waals surface area contributed by atoms with Crippen LogP contribution in [0.4, 0.5) is 0 Å². The van der Waals surface area contributed by atoms with Crippen LogP contribution in [0.2, 0.25) is 0 Å². The SMILES string of the molecule is CCCCCC/C=C/CCCCCCCCCCCCCCC[N+](CC(CC)C(=O)[O-])(CC(CC)C(=O)O)CC(CC)C(=O)O. The van der Waals surface area contributed by atoms with Crippen molar-refractivity contribution in [2.45, 2.75) is 169 Å². The molecule has 0 aliphatic rings. The number of aliphatic carboxylic acids is 3. The maximum absolute atomic E-state index is 12.0. The van der Waals surface area contributed by atoms with E-state index < -0.39 is 35.7 Å². The van der Waals surface area contributed by atoms with Crippen molar-refractivity contribution in [3.63, 3.8) is 0 Å². The first-order valence-electron chi connectivity index (χ1n) is 18.8. The summed E-state index contributed by atoms with van der Waals surface area (Å²) in [4.78, 5) is 35.9. The number of hydrogen-bond acceptors (Lipinski definition) is 4. The average Bonchev–Trinajstić information content (AvgIpc) is 3.01. The molecule has 264 valence electrons. The second-order valence-electron chi connectivity index (χ2n) is 13.6. The van der Waals surface area contributed by atoms with Crippen molar-refractivity contribution in [3.05, 3.63) is 12.2 Å². The van der Waals surface area contributed by atoms with Crippen molar-refractivity contribution in [1.82, 2.24) is 0 Å². The number of hydrogen-bond donors (Lipinski definition) is 2. The molecule has 0 rings (SSSR count). The third-order valence-corrected chi connectivity index (χ3v) is 9.73. The smallest absolute Gasteiger partial charge is 0.312 e. The Hall–Kier alpha value is -1.89. The third-order valence-electron chi connectivity index (χ3n) is 9.73. The summed E-state index contributed by atoms with van der Waals surface area (Å²) in [6, 6.07) is 0. The van der Waals surface area contributed by atoms with Crippen LogP contribution in [0.3, 0.4) is 0 Å². The Morgan fingerprint density at radius 3 is 1.20 bits per heavy atom. The second kappa shape index (κ2) is 28.3. The number of quaternary nitrogens is 1. The normalized spacial score (nSPS) is 15.1. The first kappa shape index (κ1) is 43.1. The summed E-state index contributed by atoms with van der Waals surface area (Å²) in [5.41, 5.74) is 0. The Morgan fingerprint density at radius 1 is 0.533 bits per heavy atom. The minimum atomic E-state index is -1.14. The maximum Gasteiger partial charge on any atom is 0.312 e. The molecule has 0 amide bonds. The zero-order valence-electron chi connectivity index (χ0n) is 29.7. The van der Waals surface area contributed by atoms with Gasteiger partial charge in [-0.15, -0.1) is 0 Å². The summed E-state index contributed by atoms with van der Waals surface area (Å²) < 4.78 is 0.220. The molecular weight excluding hydrogens is 566 g/mol. The third kappa shape index (κ3) is 22.3. The number of nitrogens with zero attached hydrogens (tertiary/aromatic N) is 1. The Kier molecular flexibility index (Phi) is 27.2. The van der Waals surface area contributed by atoms with Gasteiger partial charge in [-0.05, 0) is 57.8 Å². The van der Waals surface area contributed by atoms with Gasteiger partial charge in [0, 0.05) is 5.92 Å². The van der Waals surface area contributed by atoms with Gasteiger partial charge in [-0.3, -0.25) is 9.59 Å². The van der Waals surface area contributed by atoms with Gasteiger partial charge in [0.15, 0.2) is 0 Å². The van der Waals surface area contributed by atoms with Crippen LogP contribution in [0.15, 0.2) is 12.2 Å². The second-order valence-corrected chi connectivity index (χ2v) is 13.6. The molecule has 0 spiro atoms. The van der Waals surface area contributed by atoms with E-state index in [1.165, 1.54) is 103 Å². The van der Waals surface area contributed by atoms with E-state index in [0.717, 1.165) is 19.3 Å². The van der Waals surface area contributed by atoms with E-state index in [4.69, 9.17) is 0 Å². The molecule has 45 heavy (non-hydrogen) atoms. The fourth-order valence-corrected chi connectivity index (χ4v) is 6.61. The highest BCUT2D eigenvalue weighted by atomic mass is 16.4. The van der Waals surface area contributed by atoms with Crippen molar-refractivity contribution in [2.24, 2.45) is 17.8 Å². The molecule has 0 bridgehead atoms. The van der Waals surface area contributed by atoms with Crippen molar-refractivity contribution in [2.75, 3.05) is 26.2 Å². The molecule has 0 aromatic rings. The van der Waals surface area contributed by atoms with Crippen LogP contribution in [-0.2, 0) is 14.4 Å². The molecule has 0 radical (unpaired) electrons. The molecule has 7 nitrogen and oxygen atoms in total. The largest absolute Gasteiger partial charge is 0.550 e. The fraction of sp³-hybridized carbons (Fsp3) is 0.868. The molecule has 0 aromatic heterocycles. The Morgan fingerprint density at radius 2 is 0.867 bits per heavy atom. The topological polar surface area (TPSA) is 115 Å². The number of carbonyl (C=O) groups excluding carboxylic acids is 1. The van der Waals surface area contributed by atoms with Gasteiger partial charge >= 0.3 is 11.9 Å². The quantitative estimate of drug-likeness (QED) is 0.0422. The predicted octanol–water partition coefficient (Wildman–Crippen LogP) is 8.79. The summed E-state index contributed by atoms with van der Waals surface area (Å²) in [5.74, 6) is -4.94. The molecule has 0 heterocycles. The van der Waals surface area contributed by atoms with Gasteiger partial charge in [0.2, 0.25) is 0 Å². The van der Waals surface area contributed by atoms with Gasteiger partial charge in [-0.2, -0.15) is 0 Å². The number of rotatable bonds is 33. The van der Waals surface area contributed by atoms with Crippen LogP contribution in [0.25, 0.3) is 0 Å². The lowest BCUT2D eigenvalue weighted by Crippen LogP contribution is -2.59. The molecule has 0 aliphatic carbocycles. The first-order valence-corrected chi connectivity index (χ1v) is 18.8. The Bertz CT molecular complexity index is 722. The van der Waals surface area contributed by atoms with Gasteiger partial charge in [-0.1, -0.05) is 123 Å². The van der Waals surface area contributed by atoms with Crippen LogP contribution in [0, 0.1) is 17.8 Å². The average molecular weight is 638 g/mol. The Balaban J connectivity index is 4.49. The highest BCUT2D eigenvalue weighted by Crippen LogP contribution is 2.25. The molecular formula is C38H71NO6. The number of carbonyl (C=O) groups is 3. The summed E-state index contributed by atoms with van der Waals surface area (Å²) in [7, 11) is 0. The van der Waals surface area contributed by atoms with Crippen LogP contribution in [-0.4, -0.2) is 58.8 Å². The fourth-order valence-electron chi connectivity index (χ4n) is 6.61. The lowest BCUT2D eigenvalue weighted by molar-refractivity contribution is -0.935. The summed E-state index contributed by atoms with van der Waals surface area (Å²) >= 11 is 0. The summed E-state index contributed by atoms with van der Waals surface area (Å²) in [6.07, 6.45) is 29.7. The van der Waals surface area contributed by atoms with Gasteiger partial charge in [-0.25, -0.2) is 0 Å². The molecule has 3 atom stereocenters. The monoisotopic (exact) mass is 638 g/mol. The molecule has 2 N–H and O–H groups in total. The summed E-state index contributed by atoms with van der Waals surface area (Å²) in [6.45, 7) is 9.06. The van der Waals surface area contributed by atoms with Crippen molar-refractivity contribution < 1.29 is 34.2 Å². The van der Waals surface area contributed by atoms with Gasteiger partial charge < -0.3 is 24.6 Å². The van der Waals surface area contributed by atoms with Crippen LogP contribution in [0.1, 0.15) is 169 Å². The van der Waals surface area contributed by atoms with Gasteiger partial charge in [0.05, 0.1) is 32.1 Å². The van der Waals surface area contributed by atoms with Gasteiger partial charge in [0.25, 0.3) is 0 Å². The molecule has 0 saturated carbocycles. The predicted molar refractivity (Wildman–Crippen MR) is 184 cm³/mol. The van der Waals surface area contributed by atoms with Crippen molar-refractivity contribution >= 4 is 17.9 Å². The maximum atomic E-state index is 12.0. The van der Waals surface area contributed by atoms with Crippen LogP contribution in [0.5, 0.6) is 0 Å². The van der Waals surface area contributed by atoms with E-state index in [0.29, 0.717) is 25.8 Å². The number of unbranched alkanes of at least 4 members (excludes halogenated alkanes) is 17. The lowest BCUT2D eigenvalue weighted by Gasteiger charge is -2.44. The van der Waals surface area contributed by atoms with Crippen LogP contribution < -0.4 is 5.11 Å². The molecule has 7 heteroatoms. The standard InChI is InChI=1S/C38H71NO6/c1-5-9-10-11-12-13-14-15-16-17-18-19-20-21-22-23-24-25-26-27-28-29-39(30-33(6-2)36(40)41,31-34(7-3)37(42)43)32-35(8-4)38(44)45/h13-14,33-35H,5-12,15-32H2,1-4H3,(H2-,40,41,42,43,44,45)/b14-13+. The minimum absolute atomic E-state index is 0.220. The van der Waals surface area contributed by atoms with Crippen molar-refractivity contribution in [3.8, 4) is 0 Å². The van der Waals surface area contributed by atoms with E-state index >= 15 is 0 Å².